The molecule has 17 heavy (non-hydrogen) atoms. The predicted molar refractivity (Wildman–Crippen MR) is 70.3 cm³/mol. The van der Waals surface area contributed by atoms with Gasteiger partial charge in [-0.1, -0.05) is 35.3 Å². The van der Waals surface area contributed by atoms with E-state index in [1.54, 1.807) is 18.2 Å². The van der Waals surface area contributed by atoms with E-state index in [1.165, 1.54) is 0 Å². The Morgan fingerprint density at radius 1 is 1.53 bits per heavy atom. The lowest BCUT2D eigenvalue weighted by molar-refractivity contribution is 0.0468. The minimum Gasteiger partial charge on any atom is -0.478 e. The molecule has 0 amide bonds. The number of rotatable bonds is 6. The number of carboxylic acid groups (broad SMARTS) is 1. The van der Waals surface area contributed by atoms with Crippen LogP contribution in [0.25, 0.3) is 0 Å². The minimum absolute atomic E-state index is 0.228. The molecule has 1 unspecified atom stereocenters. The van der Waals surface area contributed by atoms with Gasteiger partial charge in [0.2, 0.25) is 0 Å². The summed E-state index contributed by atoms with van der Waals surface area (Å²) in [5.41, 5.74) is 1.25. The van der Waals surface area contributed by atoms with Crippen LogP contribution in [-0.2, 0) is 11.3 Å². The van der Waals surface area contributed by atoms with Crippen LogP contribution in [0.15, 0.2) is 22.7 Å². The molecule has 0 aliphatic heterocycles. The van der Waals surface area contributed by atoms with Crippen LogP contribution in [0, 0.1) is 0 Å². The summed E-state index contributed by atoms with van der Waals surface area (Å²) in [5.74, 6) is -0.919. The molecule has 94 valence electrons. The third-order valence-electron chi connectivity index (χ3n) is 2.52. The fourth-order valence-corrected chi connectivity index (χ4v) is 2.01. The van der Waals surface area contributed by atoms with Crippen molar-refractivity contribution in [3.05, 3.63) is 33.8 Å². The Morgan fingerprint density at radius 2 is 2.24 bits per heavy atom. The summed E-state index contributed by atoms with van der Waals surface area (Å²) in [4.78, 5) is 10.8. The van der Waals surface area contributed by atoms with Crippen molar-refractivity contribution in [3.63, 3.8) is 0 Å². The van der Waals surface area contributed by atoms with Gasteiger partial charge in [0, 0.05) is 4.47 Å². The summed E-state index contributed by atoms with van der Waals surface area (Å²) >= 11 is 3.36. The summed E-state index contributed by atoms with van der Waals surface area (Å²) in [6, 6.07) is 4.98. The molecule has 0 bridgehead atoms. The van der Waals surface area contributed by atoms with Gasteiger partial charge < -0.3 is 9.84 Å². The van der Waals surface area contributed by atoms with Gasteiger partial charge in [-0.2, -0.15) is 0 Å². The van der Waals surface area contributed by atoms with Crippen LogP contribution in [0.1, 0.15) is 42.6 Å². The highest BCUT2D eigenvalue weighted by atomic mass is 79.9. The number of carboxylic acids is 1. The van der Waals surface area contributed by atoms with E-state index < -0.39 is 5.97 Å². The van der Waals surface area contributed by atoms with Gasteiger partial charge in [-0.3, -0.25) is 0 Å². The molecular formula is C13H17BrO3. The first kappa shape index (κ1) is 14.2. The maximum absolute atomic E-state index is 10.8. The first-order valence-electron chi connectivity index (χ1n) is 5.68. The average molecular weight is 301 g/mol. The van der Waals surface area contributed by atoms with Crippen LogP contribution in [0.3, 0.4) is 0 Å². The minimum atomic E-state index is -0.919. The second-order valence-electron chi connectivity index (χ2n) is 4.02. The fourth-order valence-electron chi connectivity index (χ4n) is 1.52. The molecule has 1 N–H and O–H groups in total. The number of hydrogen-bond donors (Lipinski definition) is 1. The second-order valence-corrected chi connectivity index (χ2v) is 4.88. The van der Waals surface area contributed by atoms with Gasteiger partial charge in [0.15, 0.2) is 0 Å². The number of ether oxygens (including phenoxy) is 1. The van der Waals surface area contributed by atoms with Gasteiger partial charge in [-0.25, -0.2) is 4.79 Å². The normalized spacial score (nSPS) is 12.4. The van der Waals surface area contributed by atoms with E-state index >= 15 is 0 Å². The summed E-state index contributed by atoms with van der Waals surface area (Å²) in [5, 5.41) is 8.84. The topological polar surface area (TPSA) is 46.5 Å². The molecule has 0 spiro atoms. The Kier molecular flexibility index (Phi) is 5.65. The van der Waals surface area contributed by atoms with Crippen molar-refractivity contribution in [2.75, 3.05) is 0 Å². The van der Waals surface area contributed by atoms with Gasteiger partial charge >= 0.3 is 5.97 Å². The van der Waals surface area contributed by atoms with Crippen LogP contribution in [0.2, 0.25) is 0 Å². The highest BCUT2D eigenvalue weighted by Gasteiger charge is 2.08. The third-order valence-corrected chi connectivity index (χ3v) is 3.26. The first-order valence-corrected chi connectivity index (χ1v) is 6.47. The van der Waals surface area contributed by atoms with Crippen molar-refractivity contribution in [2.45, 2.75) is 39.4 Å². The van der Waals surface area contributed by atoms with E-state index in [-0.39, 0.29) is 11.7 Å². The van der Waals surface area contributed by atoms with Crippen LogP contribution in [0.4, 0.5) is 0 Å². The molecule has 1 atom stereocenters. The molecule has 0 aliphatic rings. The standard InChI is InChI=1S/C13H17BrO3/c1-3-4-9(2)17-8-11-6-5-10(13(15)16)7-12(11)14/h5-7,9H,3-4,8H2,1-2H3,(H,15,16). The fraction of sp³-hybridized carbons (Fsp3) is 0.462. The zero-order valence-electron chi connectivity index (χ0n) is 10.1. The molecule has 4 heteroatoms. The lowest BCUT2D eigenvalue weighted by Gasteiger charge is -2.13. The molecule has 3 nitrogen and oxygen atoms in total. The first-order chi connectivity index (χ1) is 8.04. The van der Waals surface area contributed by atoms with E-state index in [4.69, 9.17) is 9.84 Å². The molecule has 0 saturated carbocycles. The number of hydrogen-bond acceptors (Lipinski definition) is 2. The Balaban J connectivity index is 2.63. The molecule has 1 aromatic rings. The second kappa shape index (κ2) is 6.77. The average Bonchev–Trinajstić information content (AvgIpc) is 2.27. The van der Waals surface area contributed by atoms with Crippen LogP contribution >= 0.6 is 15.9 Å². The van der Waals surface area contributed by atoms with Gasteiger partial charge in [0.1, 0.15) is 0 Å². The monoisotopic (exact) mass is 300 g/mol. The Bertz CT molecular complexity index is 390. The lowest BCUT2D eigenvalue weighted by Crippen LogP contribution is -2.08. The number of aromatic carboxylic acids is 1. The third kappa shape index (κ3) is 4.48. The lowest BCUT2D eigenvalue weighted by atomic mass is 10.1. The van der Waals surface area contributed by atoms with Crippen molar-refractivity contribution in [1.29, 1.82) is 0 Å². The molecule has 0 radical (unpaired) electrons. The quantitative estimate of drug-likeness (QED) is 0.868. The number of carbonyl (C=O) groups is 1. The summed E-state index contributed by atoms with van der Waals surface area (Å²) in [6.07, 6.45) is 2.36. The molecule has 0 aliphatic carbocycles. The van der Waals surface area contributed by atoms with E-state index in [0.717, 1.165) is 22.9 Å². The summed E-state index contributed by atoms with van der Waals surface area (Å²) < 4.78 is 6.45. The smallest absolute Gasteiger partial charge is 0.335 e. The SMILES string of the molecule is CCCC(C)OCc1ccc(C(=O)O)cc1Br. The maximum atomic E-state index is 10.8. The summed E-state index contributed by atoms with van der Waals surface area (Å²) in [6.45, 7) is 4.67. The van der Waals surface area contributed by atoms with Gasteiger partial charge in [-0.05, 0) is 31.0 Å². The van der Waals surface area contributed by atoms with Crippen molar-refractivity contribution < 1.29 is 14.6 Å². The number of halogens is 1. The van der Waals surface area contributed by atoms with Crippen molar-refractivity contribution >= 4 is 21.9 Å². The van der Waals surface area contributed by atoms with Crippen LogP contribution in [-0.4, -0.2) is 17.2 Å². The molecule has 0 saturated heterocycles. The Labute approximate surface area is 110 Å². The van der Waals surface area contributed by atoms with E-state index in [2.05, 4.69) is 22.9 Å². The Morgan fingerprint density at radius 3 is 2.76 bits per heavy atom. The largest absolute Gasteiger partial charge is 0.478 e. The molecule has 1 aromatic carbocycles. The zero-order valence-corrected chi connectivity index (χ0v) is 11.7. The van der Waals surface area contributed by atoms with Crippen molar-refractivity contribution in [3.8, 4) is 0 Å². The zero-order chi connectivity index (χ0) is 12.8. The molecule has 0 aromatic heterocycles. The van der Waals surface area contributed by atoms with E-state index in [0.29, 0.717) is 6.61 Å². The molecule has 0 fully saturated rings. The molecular weight excluding hydrogens is 284 g/mol. The number of benzene rings is 1. The van der Waals surface area contributed by atoms with Crippen molar-refractivity contribution in [1.82, 2.24) is 0 Å². The molecule has 1 rings (SSSR count). The van der Waals surface area contributed by atoms with Crippen LogP contribution in [0.5, 0.6) is 0 Å². The van der Waals surface area contributed by atoms with E-state index in [1.807, 2.05) is 6.92 Å². The van der Waals surface area contributed by atoms with Gasteiger partial charge in [0.25, 0.3) is 0 Å². The predicted octanol–water partition coefficient (Wildman–Crippen LogP) is 3.85. The van der Waals surface area contributed by atoms with Gasteiger partial charge in [-0.15, -0.1) is 0 Å². The van der Waals surface area contributed by atoms with E-state index in [9.17, 15) is 4.79 Å². The van der Waals surface area contributed by atoms with Crippen molar-refractivity contribution in [2.24, 2.45) is 0 Å². The maximum Gasteiger partial charge on any atom is 0.335 e. The van der Waals surface area contributed by atoms with Gasteiger partial charge in [0.05, 0.1) is 18.3 Å². The highest BCUT2D eigenvalue weighted by molar-refractivity contribution is 9.10. The Hall–Kier alpha value is -0.870. The van der Waals surface area contributed by atoms with Crippen LogP contribution < -0.4 is 0 Å². The molecule has 0 heterocycles. The summed E-state index contributed by atoms with van der Waals surface area (Å²) in [7, 11) is 0. The highest BCUT2D eigenvalue weighted by Crippen LogP contribution is 2.20.